The van der Waals surface area contributed by atoms with Crippen molar-refractivity contribution in [3.8, 4) is 0 Å². The Morgan fingerprint density at radius 3 is 2.78 bits per heavy atom. The van der Waals surface area contributed by atoms with Gasteiger partial charge in [0.1, 0.15) is 12.4 Å². The Kier molecular flexibility index (Phi) is 4.88. The van der Waals surface area contributed by atoms with E-state index in [-0.39, 0.29) is 30.1 Å². The molecule has 1 fully saturated rings. The molecule has 23 heavy (non-hydrogen) atoms. The maximum Gasteiger partial charge on any atom is 0.356 e. The molecule has 0 bridgehead atoms. The van der Waals surface area contributed by atoms with Gasteiger partial charge in [0, 0.05) is 31.1 Å². The van der Waals surface area contributed by atoms with Crippen LogP contribution in [0.3, 0.4) is 0 Å². The highest BCUT2D eigenvalue weighted by Gasteiger charge is 2.29. The molecule has 2 aliphatic rings. The highest BCUT2D eigenvalue weighted by Crippen LogP contribution is 2.22. The Balaban J connectivity index is 1.77. The molecule has 1 amide bonds. The number of fused-ring (bicyclic) bond motifs is 1. The van der Waals surface area contributed by atoms with Gasteiger partial charge < -0.3 is 19.7 Å². The predicted molar refractivity (Wildman–Crippen MR) is 85.8 cm³/mol. The van der Waals surface area contributed by atoms with E-state index >= 15 is 0 Å². The van der Waals surface area contributed by atoms with Crippen LogP contribution in [0.5, 0.6) is 0 Å². The number of rotatable bonds is 4. The molecule has 1 unspecified atom stereocenters. The minimum atomic E-state index is -1.09. The lowest BCUT2D eigenvalue weighted by molar-refractivity contribution is -0.120. The number of thioether (sulfide) groups is 1. The zero-order chi connectivity index (χ0) is 16.4. The first-order valence-electron chi connectivity index (χ1n) is 7.61. The maximum atomic E-state index is 12.5. The van der Waals surface area contributed by atoms with Gasteiger partial charge in [0.2, 0.25) is 5.91 Å². The molecule has 2 aliphatic heterocycles. The number of amides is 1. The van der Waals surface area contributed by atoms with E-state index in [1.165, 1.54) is 0 Å². The number of nitrogens with one attached hydrogen (secondary N) is 1. The van der Waals surface area contributed by atoms with E-state index in [0.717, 1.165) is 24.6 Å². The average Bonchev–Trinajstić information content (AvgIpc) is 2.92. The Bertz CT molecular complexity index is 612. The van der Waals surface area contributed by atoms with Crippen LogP contribution < -0.4 is 5.32 Å². The molecule has 0 aliphatic carbocycles. The molecule has 3 rings (SSSR count). The Morgan fingerprint density at radius 2 is 2.09 bits per heavy atom. The van der Waals surface area contributed by atoms with Crippen LogP contribution in [-0.4, -0.2) is 68.7 Å². The van der Waals surface area contributed by atoms with Gasteiger partial charge in [0.15, 0.2) is 11.5 Å². The summed E-state index contributed by atoms with van der Waals surface area (Å²) >= 11 is 1.88. The van der Waals surface area contributed by atoms with Crippen LogP contribution in [0.4, 0.5) is 5.82 Å². The second kappa shape index (κ2) is 6.90. The van der Waals surface area contributed by atoms with Gasteiger partial charge in [-0.2, -0.15) is 11.8 Å². The number of hydrogen-bond acceptors (Lipinski definition) is 6. The summed E-state index contributed by atoms with van der Waals surface area (Å²) in [5.41, 5.74) is 0.0260. The number of carboxylic acid groups (broad SMARTS) is 1. The molecule has 1 saturated heterocycles. The Labute approximate surface area is 138 Å². The third-order valence-electron chi connectivity index (χ3n) is 4.15. The standard InChI is InChI=1S/C14H20N4O4S/c1-9(17-3-6-23-7-4-17)13(19)16-12-11(14(20)21)18-2-5-22-8-10(18)15-12/h9H,2-8H2,1H3,(H,16,19)(H,20,21). The van der Waals surface area contributed by atoms with Gasteiger partial charge in [0.25, 0.3) is 0 Å². The van der Waals surface area contributed by atoms with E-state index in [2.05, 4.69) is 15.2 Å². The number of aromatic carboxylic acids is 1. The summed E-state index contributed by atoms with van der Waals surface area (Å²) in [4.78, 5) is 30.4. The molecule has 0 spiro atoms. The summed E-state index contributed by atoms with van der Waals surface area (Å²) in [6.45, 7) is 4.69. The van der Waals surface area contributed by atoms with Crippen LogP contribution in [-0.2, 0) is 22.7 Å². The summed E-state index contributed by atoms with van der Waals surface area (Å²) in [6, 6.07) is -0.312. The predicted octanol–water partition coefficient (Wildman–Crippen LogP) is 0.487. The quantitative estimate of drug-likeness (QED) is 0.823. The highest BCUT2D eigenvalue weighted by atomic mass is 32.2. The van der Waals surface area contributed by atoms with E-state index in [1.807, 2.05) is 18.7 Å². The van der Waals surface area contributed by atoms with E-state index in [4.69, 9.17) is 4.74 Å². The van der Waals surface area contributed by atoms with Crippen LogP contribution in [0.2, 0.25) is 0 Å². The molecular weight excluding hydrogens is 320 g/mol. The molecule has 0 radical (unpaired) electrons. The van der Waals surface area contributed by atoms with Crippen molar-refractivity contribution < 1.29 is 19.4 Å². The molecule has 3 heterocycles. The number of aromatic nitrogens is 2. The summed E-state index contributed by atoms with van der Waals surface area (Å²) < 4.78 is 6.89. The third kappa shape index (κ3) is 3.36. The van der Waals surface area contributed by atoms with Crippen molar-refractivity contribution in [1.82, 2.24) is 14.5 Å². The molecule has 8 nitrogen and oxygen atoms in total. The number of imidazole rings is 1. The van der Waals surface area contributed by atoms with Gasteiger partial charge in [0.05, 0.1) is 12.6 Å². The van der Waals surface area contributed by atoms with Crippen LogP contribution in [0, 0.1) is 0 Å². The topological polar surface area (TPSA) is 96.7 Å². The molecule has 0 aromatic carbocycles. The number of carbonyl (C=O) groups excluding carboxylic acids is 1. The van der Waals surface area contributed by atoms with Crippen molar-refractivity contribution in [1.29, 1.82) is 0 Å². The second-order valence-corrected chi connectivity index (χ2v) is 6.77. The Hall–Kier alpha value is -1.58. The summed E-state index contributed by atoms with van der Waals surface area (Å²) in [5.74, 6) is 1.34. The maximum absolute atomic E-state index is 12.5. The fourth-order valence-electron chi connectivity index (χ4n) is 2.83. The van der Waals surface area contributed by atoms with E-state index in [0.29, 0.717) is 19.0 Å². The van der Waals surface area contributed by atoms with E-state index in [1.54, 1.807) is 4.57 Å². The Morgan fingerprint density at radius 1 is 1.35 bits per heavy atom. The minimum Gasteiger partial charge on any atom is -0.476 e. The fourth-order valence-corrected chi connectivity index (χ4v) is 3.76. The van der Waals surface area contributed by atoms with Gasteiger partial charge in [-0.05, 0) is 6.92 Å². The van der Waals surface area contributed by atoms with Gasteiger partial charge >= 0.3 is 5.97 Å². The number of carboxylic acids is 1. The van der Waals surface area contributed by atoms with Crippen LogP contribution in [0.15, 0.2) is 0 Å². The fraction of sp³-hybridized carbons (Fsp3) is 0.643. The number of nitrogens with zero attached hydrogens (tertiary/aromatic N) is 3. The third-order valence-corrected chi connectivity index (χ3v) is 5.10. The zero-order valence-electron chi connectivity index (χ0n) is 12.9. The van der Waals surface area contributed by atoms with Crippen molar-refractivity contribution in [3.05, 3.63) is 11.5 Å². The van der Waals surface area contributed by atoms with Gasteiger partial charge in [-0.1, -0.05) is 0 Å². The lowest BCUT2D eigenvalue weighted by Crippen LogP contribution is -2.46. The molecule has 2 N–H and O–H groups in total. The molecule has 0 saturated carbocycles. The van der Waals surface area contributed by atoms with Crippen LogP contribution >= 0.6 is 11.8 Å². The largest absolute Gasteiger partial charge is 0.476 e. The average molecular weight is 340 g/mol. The zero-order valence-corrected chi connectivity index (χ0v) is 13.8. The first-order chi connectivity index (χ1) is 11.1. The summed E-state index contributed by atoms with van der Waals surface area (Å²) in [6.07, 6.45) is 0. The van der Waals surface area contributed by atoms with Gasteiger partial charge in [-0.3, -0.25) is 9.69 Å². The number of carbonyl (C=O) groups is 2. The molecule has 1 atom stereocenters. The number of anilines is 1. The number of hydrogen-bond donors (Lipinski definition) is 2. The summed E-state index contributed by atoms with van der Waals surface area (Å²) in [5, 5.41) is 12.1. The van der Waals surface area contributed by atoms with Crippen LogP contribution in [0.1, 0.15) is 23.2 Å². The minimum absolute atomic E-state index is 0.0260. The first-order valence-corrected chi connectivity index (χ1v) is 8.76. The van der Waals surface area contributed by atoms with Crippen molar-refractivity contribution in [2.45, 2.75) is 26.1 Å². The summed E-state index contributed by atoms with van der Waals surface area (Å²) in [7, 11) is 0. The molecular formula is C14H20N4O4S. The van der Waals surface area contributed by atoms with E-state index in [9.17, 15) is 14.7 Å². The van der Waals surface area contributed by atoms with Gasteiger partial charge in [-0.15, -0.1) is 0 Å². The molecule has 1 aromatic heterocycles. The lowest BCUT2D eigenvalue weighted by atomic mass is 10.2. The van der Waals surface area contributed by atoms with Crippen molar-refractivity contribution >= 4 is 29.5 Å². The van der Waals surface area contributed by atoms with E-state index < -0.39 is 5.97 Å². The van der Waals surface area contributed by atoms with Gasteiger partial charge in [-0.25, -0.2) is 9.78 Å². The molecule has 1 aromatic rings. The number of ether oxygens (including phenoxy) is 1. The van der Waals surface area contributed by atoms with Crippen LogP contribution in [0.25, 0.3) is 0 Å². The SMILES string of the molecule is CC(C(=O)Nc1nc2n(c1C(=O)O)CCOC2)N1CCSCC1. The van der Waals surface area contributed by atoms with Crippen molar-refractivity contribution in [2.75, 3.05) is 36.5 Å². The van der Waals surface area contributed by atoms with Crippen molar-refractivity contribution in [3.63, 3.8) is 0 Å². The molecule has 9 heteroatoms. The normalized spacial score (nSPS) is 19.9. The lowest BCUT2D eigenvalue weighted by Gasteiger charge is -2.30. The van der Waals surface area contributed by atoms with Crippen molar-refractivity contribution in [2.24, 2.45) is 0 Å². The second-order valence-electron chi connectivity index (χ2n) is 5.55. The molecule has 126 valence electrons. The highest BCUT2D eigenvalue weighted by molar-refractivity contribution is 7.99. The monoisotopic (exact) mass is 340 g/mol. The first kappa shape index (κ1) is 16.3. The smallest absolute Gasteiger partial charge is 0.356 e.